The first-order valence-corrected chi connectivity index (χ1v) is 9.07. The fourth-order valence-corrected chi connectivity index (χ4v) is 4.04. The van der Waals surface area contributed by atoms with Crippen molar-refractivity contribution in [1.29, 1.82) is 0 Å². The van der Waals surface area contributed by atoms with Crippen molar-refractivity contribution in [2.45, 2.75) is 44.6 Å². The highest BCUT2D eigenvalue weighted by atomic mass is 19.1. The Labute approximate surface area is 147 Å². The molecule has 0 spiro atoms. The lowest BCUT2D eigenvalue weighted by Gasteiger charge is -2.42. The molecule has 2 saturated heterocycles. The summed E-state index contributed by atoms with van der Waals surface area (Å²) >= 11 is 0. The molecule has 1 aromatic rings. The number of likely N-dealkylation sites (tertiary alicyclic amines) is 1. The molecule has 1 amide bonds. The number of anilines is 1. The van der Waals surface area contributed by atoms with Gasteiger partial charge < -0.3 is 10.0 Å². The smallest absolute Gasteiger partial charge is 0.303 e. The Morgan fingerprint density at radius 2 is 2.04 bits per heavy atom. The highest BCUT2D eigenvalue weighted by Crippen LogP contribution is 2.28. The van der Waals surface area contributed by atoms with Gasteiger partial charge in [0.1, 0.15) is 5.82 Å². The molecule has 0 radical (unpaired) electrons. The quantitative estimate of drug-likeness (QED) is 0.889. The van der Waals surface area contributed by atoms with E-state index in [0.29, 0.717) is 24.6 Å². The van der Waals surface area contributed by atoms with Crippen LogP contribution in [0, 0.1) is 11.7 Å². The van der Waals surface area contributed by atoms with Gasteiger partial charge in [0, 0.05) is 25.2 Å². The zero-order valence-electron chi connectivity index (χ0n) is 14.4. The number of piperidine rings is 2. The van der Waals surface area contributed by atoms with Gasteiger partial charge in [-0.15, -0.1) is 0 Å². The second-order valence-corrected chi connectivity index (χ2v) is 7.06. The minimum Gasteiger partial charge on any atom is -0.481 e. The first kappa shape index (κ1) is 17.9. The Hall–Kier alpha value is -1.95. The van der Waals surface area contributed by atoms with Crippen LogP contribution in [0.15, 0.2) is 24.3 Å². The highest BCUT2D eigenvalue weighted by Gasteiger charge is 2.36. The zero-order chi connectivity index (χ0) is 17.8. The number of carboxylic acids is 1. The number of hydrogen-bond donors (Lipinski definition) is 1. The normalized spacial score (nSPS) is 25.2. The molecule has 6 heteroatoms. The lowest BCUT2D eigenvalue weighted by atomic mass is 9.91. The van der Waals surface area contributed by atoms with Gasteiger partial charge in [-0.3, -0.25) is 14.5 Å². The molecule has 0 bridgehead atoms. The van der Waals surface area contributed by atoms with Gasteiger partial charge in [0.2, 0.25) is 5.91 Å². The van der Waals surface area contributed by atoms with E-state index in [1.54, 1.807) is 17.0 Å². The molecule has 2 atom stereocenters. The van der Waals surface area contributed by atoms with Crippen LogP contribution in [-0.4, -0.2) is 47.6 Å². The molecule has 1 aromatic carbocycles. The molecule has 2 fully saturated rings. The molecule has 0 saturated carbocycles. The second-order valence-electron chi connectivity index (χ2n) is 7.06. The van der Waals surface area contributed by atoms with Crippen molar-refractivity contribution in [2.75, 3.05) is 24.5 Å². The molecular weight excluding hydrogens is 323 g/mol. The van der Waals surface area contributed by atoms with E-state index in [1.807, 2.05) is 0 Å². The van der Waals surface area contributed by atoms with E-state index in [9.17, 15) is 14.0 Å². The summed E-state index contributed by atoms with van der Waals surface area (Å²) in [5.74, 6) is -0.722. The third-order valence-corrected chi connectivity index (χ3v) is 5.29. The third-order valence-electron chi connectivity index (χ3n) is 5.29. The van der Waals surface area contributed by atoms with E-state index in [4.69, 9.17) is 5.11 Å². The monoisotopic (exact) mass is 348 g/mol. The number of nitrogens with zero attached hydrogens (tertiary/aromatic N) is 2. The van der Waals surface area contributed by atoms with Gasteiger partial charge in [-0.05, 0) is 62.8 Å². The van der Waals surface area contributed by atoms with E-state index in [0.717, 1.165) is 38.8 Å². The number of rotatable bonds is 5. The summed E-state index contributed by atoms with van der Waals surface area (Å²) in [5.41, 5.74) is 0.620. The number of aliphatic carboxylic acids is 1. The molecule has 3 rings (SSSR count). The maximum atomic E-state index is 13.5. The molecule has 2 unspecified atom stereocenters. The van der Waals surface area contributed by atoms with Gasteiger partial charge in [-0.2, -0.15) is 0 Å². The van der Waals surface area contributed by atoms with Crippen LogP contribution in [0.25, 0.3) is 0 Å². The van der Waals surface area contributed by atoms with Crippen LogP contribution in [0.2, 0.25) is 0 Å². The van der Waals surface area contributed by atoms with Crippen LogP contribution in [0.4, 0.5) is 10.1 Å². The number of carbonyl (C=O) groups is 2. The topological polar surface area (TPSA) is 60.9 Å². The van der Waals surface area contributed by atoms with Crippen molar-refractivity contribution < 1.29 is 19.1 Å². The Kier molecular flexibility index (Phi) is 5.68. The van der Waals surface area contributed by atoms with Gasteiger partial charge in [0.25, 0.3) is 0 Å². The second kappa shape index (κ2) is 7.95. The van der Waals surface area contributed by atoms with E-state index >= 15 is 0 Å². The van der Waals surface area contributed by atoms with Gasteiger partial charge in [-0.25, -0.2) is 4.39 Å². The van der Waals surface area contributed by atoms with Crippen molar-refractivity contribution >= 4 is 17.6 Å². The fraction of sp³-hybridized carbons (Fsp3) is 0.579. The maximum Gasteiger partial charge on any atom is 0.303 e. The SMILES string of the molecule is O=C(O)CCC1CCCN(C2CCCN(c3cccc(F)c3)C2=O)C1. The van der Waals surface area contributed by atoms with Gasteiger partial charge in [0.05, 0.1) is 6.04 Å². The summed E-state index contributed by atoms with van der Waals surface area (Å²) in [4.78, 5) is 27.7. The third kappa shape index (κ3) is 4.37. The van der Waals surface area contributed by atoms with Crippen LogP contribution in [0.3, 0.4) is 0 Å². The van der Waals surface area contributed by atoms with E-state index in [2.05, 4.69) is 4.90 Å². The van der Waals surface area contributed by atoms with Crippen molar-refractivity contribution in [3.05, 3.63) is 30.1 Å². The number of carbonyl (C=O) groups excluding carboxylic acids is 1. The average molecular weight is 348 g/mol. The largest absolute Gasteiger partial charge is 0.481 e. The standard InChI is InChI=1S/C19H25FN2O3/c20-15-5-1-6-16(12-15)22-11-3-7-17(19(22)25)21-10-2-4-14(13-21)8-9-18(23)24/h1,5-6,12,14,17H,2-4,7-11,13H2,(H,23,24). The van der Waals surface area contributed by atoms with Crippen LogP contribution < -0.4 is 4.90 Å². The van der Waals surface area contributed by atoms with E-state index in [-0.39, 0.29) is 24.2 Å². The van der Waals surface area contributed by atoms with Crippen molar-refractivity contribution in [1.82, 2.24) is 4.90 Å². The fourth-order valence-electron chi connectivity index (χ4n) is 4.04. The predicted octanol–water partition coefficient (Wildman–Crippen LogP) is 2.90. The summed E-state index contributed by atoms with van der Waals surface area (Å²) in [5, 5.41) is 8.88. The summed E-state index contributed by atoms with van der Waals surface area (Å²) < 4.78 is 13.5. The zero-order valence-corrected chi connectivity index (χ0v) is 14.4. The molecular formula is C19H25FN2O3. The number of amides is 1. The van der Waals surface area contributed by atoms with E-state index in [1.165, 1.54) is 12.1 Å². The van der Waals surface area contributed by atoms with Crippen LogP contribution >= 0.6 is 0 Å². The molecule has 2 aliphatic rings. The van der Waals surface area contributed by atoms with Gasteiger partial charge >= 0.3 is 5.97 Å². The average Bonchev–Trinajstić information content (AvgIpc) is 2.60. The molecule has 136 valence electrons. The summed E-state index contributed by atoms with van der Waals surface area (Å²) in [6, 6.07) is 6.02. The Balaban J connectivity index is 1.67. The number of carboxylic acid groups (broad SMARTS) is 1. The van der Waals surface area contributed by atoms with Crippen molar-refractivity contribution in [3.63, 3.8) is 0 Å². The molecule has 0 aliphatic carbocycles. The number of benzene rings is 1. The minimum atomic E-state index is -0.761. The van der Waals surface area contributed by atoms with Crippen molar-refractivity contribution in [2.24, 2.45) is 5.92 Å². The summed E-state index contributed by atoms with van der Waals surface area (Å²) in [6.45, 7) is 2.27. The summed E-state index contributed by atoms with van der Waals surface area (Å²) in [7, 11) is 0. The predicted molar refractivity (Wildman–Crippen MR) is 92.9 cm³/mol. The number of halogens is 1. The summed E-state index contributed by atoms with van der Waals surface area (Å²) in [6.07, 6.45) is 4.58. The van der Waals surface area contributed by atoms with Gasteiger partial charge in [0.15, 0.2) is 0 Å². The Bertz CT molecular complexity index is 637. The molecule has 2 aliphatic heterocycles. The molecule has 2 heterocycles. The first-order valence-electron chi connectivity index (χ1n) is 9.07. The highest BCUT2D eigenvalue weighted by molar-refractivity contribution is 5.97. The molecule has 1 N–H and O–H groups in total. The van der Waals surface area contributed by atoms with Crippen LogP contribution in [0.5, 0.6) is 0 Å². The Morgan fingerprint density at radius 3 is 2.80 bits per heavy atom. The van der Waals surface area contributed by atoms with Gasteiger partial charge in [-0.1, -0.05) is 6.07 Å². The number of hydrogen-bond acceptors (Lipinski definition) is 3. The van der Waals surface area contributed by atoms with E-state index < -0.39 is 5.97 Å². The van der Waals surface area contributed by atoms with Crippen LogP contribution in [-0.2, 0) is 9.59 Å². The van der Waals surface area contributed by atoms with Crippen molar-refractivity contribution in [3.8, 4) is 0 Å². The maximum absolute atomic E-state index is 13.5. The first-order chi connectivity index (χ1) is 12.0. The molecule has 5 nitrogen and oxygen atoms in total. The molecule has 0 aromatic heterocycles. The minimum absolute atomic E-state index is 0.0377. The lowest BCUT2D eigenvalue weighted by Crippen LogP contribution is -2.55. The lowest BCUT2D eigenvalue weighted by molar-refractivity contribution is -0.137. The Morgan fingerprint density at radius 1 is 1.24 bits per heavy atom. The molecule has 25 heavy (non-hydrogen) atoms. The van der Waals surface area contributed by atoms with Crippen LogP contribution in [0.1, 0.15) is 38.5 Å².